The molecule has 4 aromatic rings. The zero-order valence-corrected chi connectivity index (χ0v) is 13.5. The van der Waals surface area contributed by atoms with Crippen LogP contribution in [0, 0.1) is 0 Å². The smallest absolute Gasteiger partial charge is 0.214 e. The summed E-state index contributed by atoms with van der Waals surface area (Å²) in [6.45, 7) is 0.377. The largest absolute Gasteiger partial charge is 0.490 e. The van der Waals surface area contributed by atoms with E-state index in [1.807, 2.05) is 48.0 Å². The molecule has 0 unspecified atom stereocenters. The molecule has 122 valence electrons. The number of hydrogen-bond acceptors (Lipinski definition) is 6. The van der Waals surface area contributed by atoms with E-state index in [4.69, 9.17) is 4.74 Å². The zero-order chi connectivity index (χ0) is 16.4. The van der Waals surface area contributed by atoms with Crippen molar-refractivity contribution in [2.24, 2.45) is 0 Å². The predicted octanol–water partition coefficient (Wildman–Crippen LogP) is 2.32. The number of nitrogens with one attached hydrogen (secondary N) is 1. The van der Waals surface area contributed by atoms with Gasteiger partial charge in [-0.05, 0) is 34.9 Å². The van der Waals surface area contributed by atoms with Gasteiger partial charge in [0.15, 0.2) is 0 Å². The normalized spacial score (nSPS) is 12.5. The monoisotopic (exact) mass is 341 g/mol. The van der Waals surface area contributed by atoms with E-state index >= 15 is 0 Å². The van der Waals surface area contributed by atoms with Gasteiger partial charge in [0.05, 0.1) is 11.4 Å². The molecule has 1 aromatic carbocycles. The number of aliphatic hydroxyl groups is 1. The van der Waals surface area contributed by atoms with Crippen LogP contribution < -0.4 is 4.74 Å². The number of hydrogen-bond donors (Lipinski definition) is 2. The summed E-state index contributed by atoms with van der Waals surface area (Å²) in [4.78, 5) is 5.47. The first-order valence-corrected chi connectivity index (χ1v) is 8.36. The maximum Gasteiger partial charge on any atom is 0.214 e. The van der Waals surface area contributed by atoms with Crippen molar-refractivity contribution in [1.82, 2.24) is 25.2 Å². The number of tetrazole rings is 1. The Hall–Kier alpha value is -2.71. The highest BCUT2D eigenvalue weighted by Gasteiger charge is 2.12. The van der Waals surface area contributed by atoms with Crippen molar-refractivity contribution in [3.63, 3.8) is 0 Å². The number of ether oxygens (including phenoxy) is 1. The van der Waals surface area contributed by atoms with Gasteiger partial charge in [-0.3, -0.25) is 0 Å². The second kappa shape index (κ2) is 6.42. The third kappa shape index (κ3) is 3.01. The van der Waals surface area contributed by atoms with Crippen molar-refractivity contribution in [2.75, 3.05) is 6.61 Å². The summed E-state index contributed by atoms with van der Waals surface area (Å²) in [5.74, 6) is 1.30. The van der Waals surface area contributed by atoms with Gasteiger partial charge in [-0.1, -0.05) is 12.1 Å². The van der Waals surface area contributed by atoms with Crippen LogP contribution in [-0.4, -0.2) is 43.0 Å². The minimum Gasteiger partial charge on any atom is -0.490 e. The van der Waals surface area contributed by atoms with Crippen LogP contribution in [0.25, 0.3) is 21.6 Å². The molecule has 2 N–H and O–H groups in total. The van der Waals surface area contributed by atoms with Crippen LogP contribution in [0.1, 0.15) is 0 Å². The Morgan fingerprint density at radius 1 is 1.25 bits per heavy atom. The molecule has 0 aliphatic rings. The zero-order valence-electron chi connectivity index (χ0n) is 12.7. The predicted molar refractivity (Wildman–Crippen MR) is 90.9 cm³/mol. The van der Waals surface area contributed by atoms with Crippen molar-refractivity contribution in [3.05, 3.63) is 48.0 Å². The van der Waals surface area contributed by atoms with E-state index in [9.17, 15) is 5.11 Å². The van der Waals surface area contributed by atoms with Crippen LogP contribution in [0.4, 0.5) is 0 Å². The topological polar surface area (TPSA) is 88.9 Å². The van der Waals surface area contributed by atoms with Crippen LogP contribution in [0.15, 0.2) is 48.0 Å². The fourth-order valence-corrected chi connectivity index (χ4v) is 3.08. The molecule has 0 spiro atoms. The van der Waals surface area contributed by atoms with Gasteiger partial charge in [0.1, 0.15) is 18.5 Å². The molecule has 1 atom stereocenters. The minimum absolute atomic E-state index is 0.153. The number of H-pyrrole nitrogens is 1. The quantitative estimate of drug-likeness (QED) is 0.562. The lowest BCUT2D eigenvalue weighted by molar-refractivity contribution is 0.0857. The van der Waals surface area contributed by atoms with Gasteiger partial charge in [-0.25, -0.2) is 0 Å². The van der Waals surface area contributed by atoms with E-state index in [2.05, 4.69) is 20.4 Å². The fourth-order valence-electron chi connectivity index (χ4n) is 2.43. The highest BCUT2D eigenvalue weighted by Crippen LogP contribution is 2.24. The molecular formula is C16H15N5O2S. The van der Waals surface area contributed by atoms with E-state index < -0.39 is 6.10 Å². The molecule has 0 saturated carbocycles. The van der Waals surface area contributed by atoms with Crippen LogP contribution in [0.3, 0.4) is 0 Å². The fraction of sp³-hybridized carbons (Fsp3) is 0.188. The molecule has 4 rings (SSSR count). The Morgan fingerprint density at radius 2 is 2.21 bits per heavy atom. The van der Waals surface area contributed by atoms with Gasteiger partial charge in [0.2, 0.25) is 5.82 Å². The summed E-state index contributed by atoms with van der Waals surface area (Å²) >= 11 is 1.55. The molecule has 0 fully saturated rings. The highest BCUT2D eigenvalue weighted by atomic mass is 32.1. The Bertz CT molecular complexity index is 931. The van der Waals surface area contributed by atoms with Crippen LogP contribution in [0.2, 0.25) is 0 Å². The minimum atomic E-state index is -0.732. The number of nitrogens with zero attached hydrogens (tertiary/aromatic N) is 4. The number of aliphatic hydroxyl groups excluding tert-OH is 1. The standard InChI is InChI=1S/C16H15N5O2S/c22-11(9-21-19-16(18-20-21)15-5-2-8-24-15)10-23-14-4-1-3-13-12(14)6-7-17-13/h1-8,11,17,22H,9-10H2/t11-/m0/s1. The van der Waals surface area contributed by atoms with Crippen LogP contribution in [0.5, 0.6) is 5.75 Å². The van der Waals surface area contributed by atoms with Crippen molar-refractivity contribution >= 4 is 22.2 Å². The summed E-state index contributed by atoms with van der Waals surface area (Å²) in [6.07, 6.45) is 1.13. The van der Waals surface area contributed by atoms with E-state index in [-0.39, 0.29) is 13.2 Å². The SMILES string of the molecule is O[C@H](COc1cccc2[nH]ccc12)Cn1nnc(-c2cccs2)n1. The molecule has 0 amide bonds. The van der Waals surface area contributed by atoms with Crippen LogP contribution in [-0.2, 0) is 6.54 Å². The average molecular weight is 341 g/mol. The molecule has 3 aromatic heterocycles. The molecule has 0 aliphatic heterocycles. The molecule has 0 bridgehead atoms. The molecule has 0 saturated heterocycles. The molecule has 24 heavy (non-hydrogen) atoms. The van der Waals surface area contributed by atoms with Gasteiger partial charge in [0, 0.05) is 17.1 Å². The number of rotatable bonds is 6. The van der Waals surface area contributed by atoms with E-state index in [0.29, 0.717) is 5.82 Å². The third-order valence-corrected chi connectivity index (χ3v) is 4.42. The van der Waals surface area contributed by atoms with Crippen molar-refractivity contribution in [1.29, 1.82) is 0 Å². The second-order valence-electron chi connectivity index (χ2n) is 5.31. The van der Waals surface area contributed by atoms with Gasteiger partial charge in [0.25, 0.3) is 0 Å². The first-order valence-electron chi connectivity index (χ1n) is 7.48. The van der Waals surface area contributed by atoms with Gasteiger partial charge < -0.3 is 14.8 Å². The molecule has 7 nitrogen and oxygen atoms in total. The Morgan fingerprint density at radius 3 is 3.08 bits per heavy atom. The summed E-state index contributed by atoms with van der Waals surface area (Å²) in [6, 6.07) is 11.6. The van der Waals surface area contributed by atoms with Crippen molar-refractivity contribution in [2.45, 2.75) is 12.6 Å². The van der Waals surface area contributed by atoms with E-state index in [0.717, 1.165) is 21.5 Å². The van der Waals surface area contributed by atoms with Gasteiger partial charge in [-0.2, -0.15) is 4.80 Å². The summed E-state index contributed by atoms with van der Waals surface area (Å²) in [7, 11) is 0. The lowest BCUT2D eigenvalue weighted by atomic mass is 10.2. The average Bonchev–Trinajstić information content (AvgIpc) is 3.32. The number of aromatic nitrogens is 5. The first kappa shape index (κ1) is 14.9. The van der Waals surface area contributed by atoms with E-state index in [1.165, 1.54) is 4.80 Å². The summed E-state index contributed by atoms with van der Waals surface area (Å²) in [5.41, 5.74) is 1.00. The van der Waals surface area contributed by atoms with Crippen molar-refractivity contribution in [3.8, 4) is 16.5 Å². The Balaban J connectivity index is 1.38. The second-order valence-corrected chi connectivity index (χ2v) is 6.25. The van der Waals surface area contributed by atoms with Crippen molar-refractivity contribution < 1.29 is 9.84 Å². The highest BCUT2D eigenvalue weighted by molar-refractivity contribution is 7.13. The number of aromatic amines is 1. The molecule has 8 heteroatoms. The first-order chi connectivity index (χ1) is 11.8. The lowest BCUT2D eigenvalue weighted by Gasteiger charge is -2.12. The number of thiophene rings is 1. The maximum absolute atomic E-state index is 10.2. The summed E-state index contributed by atoms with van der Waals surface area (Å²) < 4.78 is 5.73. The Labute approximate surface area is 141 Å². The molecular weight excluding hydrogens is 326 g/mol. The van der Waals surface area contributed by atoms with E-state index in [1.54, 1.807) is 11.3 Å². The molecule has 0 aliphatic carbocycles. The van der Waals surface area contributed by atoms with Gasteiger partial charge >= 0.3 is 0 Å². The number of fused-ring (bicyclic) bond motifs is 1. The third-order valence-electron chi connectivity index (χ3n) is 3.55. The molecule has 0 radical (unpaired) electrons. The van der Waals surface area contributed by atoms with Crippen LogP contribution >= 0.6 is 11.3 Å². The lowest BCUT2D eigenvalue weighted by Crippen LogP contribution is -2.25. The Kier molecular flexibility index (Phi) is 3.97. The maximum atomic E-state index is 10.2. The summed E-state index contributed by atoms with van der Waals surface area (Å²) in [5, 5.41) is 25.4. The molecule has 3 heterocycles. The van der Waals surface area contributed by atoms with Gasteiger partial charge in [-0.15, -0.1) is 21.5 Å². The number of benzene rings is 1.